The summed E-state index contributed by atoms with van der Waals surface area (Å²) in [7, 11) is -3.56. The number of sulfone groups is 1. The molecule has 0 aromatic heterocycles. The highest BCUT2D eigenvalue weighted by Crippen LogP contribution is 2.50. The molecular weight excluding hydrogens is 580 g/mol. The van der Waals surface area contributed by atoms with Crippen LogP contribution in [0, 0.1) is 5.92 Å². The Morgan fingerprint density at radius 1 is 1.09 bits per heavy atom. The van der Waals surface area contributed by atoms with E-state index in [4.69, 9.17) is 0 Å². The van der Waals surface area contributed by atoms with Crippen LogP contribution in [0.15, 0.2) is 71.5 Å². The third kappa shape index (κ3) is 5.33. The van der Waals surface area contributed by atoms with Crippen LogP contribution in [0.5, 0.6) is 0 Å². The van der Waals surface area contributed by atoms with Crippen LogP contribution in [-0.4, -0.2) is 80.5 Å². The number of amides is 3. The van der Waals surface area contributed by atoms with Crippen molar-refractivity contribution in [3.8, 4) is 11.1 Å². The monoisotopic (exact) mass is 609 g/mol. The van der Waals surface area contributed by atoms with Gasteiger partial charge in [0.05, 0.1) is 24.4 Å². The first kappa shape index (κ1) is 28.7. The molecule has 0 saturated carbocycles. The van der Waals surface area contributed by atoms with Crippen molar-refractivity contribution < 1.29 is 31.6 Å². The van der Waals surface area contributed by atoms with Gasteiger partial charge in [0, 0.05) is 53.5 Å². The van der Waals surface area contributed by atoms with E-state index in [0.717, 1.165) is 12.0 Å². The number of nitrogens with zero attached hydrogens (tertiary/aromatic N) is 2. The molecule has 6 rings (SSSR count). The molecule has 10 nitrogen and oxygen atoms in total. The number of fused-ring (bicyclic) bond motifs is 4. The molecule has 0 bridgehead atoms. The van der Waals surface area contributed by atoms with Crippen molar-refractivity contribution in [2.45, 2.75) is 29.7 Å². The maximum Gasteiger partial charge on any atom is 0.299 e. The molecule has 2 aromatic carbocycles. The van der Waals surface area contributed by atoms with Gasteiger partial charge in [0.15, 0.2) is 9.84 Å². The molecule has 224 valence electrons. The molecule has 43 heavy (non-hydrogen) atoms. The van der Waals surface area contributed by atoms with Gasteiger partial charge in [-0.3, -0.25) is 19.4 Å². The maximum absolute atomic E-state index is 14.9. The van der Waals surface area contributed by atoms with Crippen LogP contribution >= 0.6 is 0 Å². The number of carbonyl (C=O) groups is 3. The summed E-state index contributed by atoms with van der Waals surface area (Å²) in [5.41, 5.74) is 1.09. The molecule has 2 unspecified atom stereocenters. The van der Waals surface area contributed by atoms with Crippen molar-refractivity contribution in [2.24, 2.45) is 10.9 Å². The van der Waals surface area contributed by atoms with Crippen LogP contribution in [0.25, 0.3) is 11.1 Å². The number of likely N-dealkylation sites (tertiary alicyclic amines) is 1. The van der Waals surface area contributed by atoms with E-state index in [2.05, 4.69) is 20.9 Å². The SMILES string of the molecule is CS(=O)(=O)[C@@H]1C[C@@H](C(=O)NCC2=CC3C=NC=CC3N2)N(C(=O)CNC(=O)c2ccc3c(c2)-c2ccccc2C3(F)F)C1. The molecule has 1 fully saturated rings. The zero-order valence-corrected chi connectivity index (χ0v) is 23.9. The van der Waals surface area contributed by atoms with Crippen molar-refractivity contribution in [3.05, 3.63) is 83.2 Å². The molecule has 0 spiro atoms. The van der Waals surface area contributed by atoms with Crippen LogP contribution in [0.4, 0.5) is 8.78 Å². The molecule has 3 N–H and O–H groups in total. The summed E-state index contributed by atoms with van der Waals surface area (Å²) < 4.78 is 54.4. The number of hydrogen-bond acceptors (Lipinski definition) is 7. The van der Waals surface area contributed by atoms with Gasteiger partial charge in [0.2, 0.25) is 11.8 Å². The lowest BCUT2D eigenvalue weighted by Crippen LogP contribution is -2.49. The molecule has 0 radical (unpaired) electrons. The lowest BCUT2D eigenvalue weighted by Gasteiger charge is -2.24. The second-order valence-electron chi connectivity index (χ2n) is 11.1. The second-order valence-corrected chi connectivity index (χ2v) is 13.4. The zero-order chi connectivity index (χ0) is 30.5. The quantitative estimate of drug-likeness (QED) is 0.438. The topological polar surface area (TPSA) is 137 Å². The third-order valence-electron chi connectivity index (χ3n) is 8.32. The van der Waals surface area contributed by atoms with Crippen molar-refractivity contribution in [2.75, 3.05) is 25.9 Å². The van der Waals surface area contributed by atoms with E-state index in [-0.39, 0.29) is 53.7 Å². The van der Waals surface area contributed by atoms with Crippen molar-refractivity contribution in [1.29, 1.82) is 0 Å². The molecule has 1 saturated heterocycles. The van der Waals surface area contributed by atoms with Crippen LogP contribution in [0.2, 0.25) is 0 Å². The van der Waals surface area contributed by atoms with Gasteiger partial charge in [-0.1, -0.05) is 36.4 Å². The minimum absolute atomic E-state index is 0.0455. The Morgan fingerprint density at radius 2 is 1.86 bits per heavy atom. The Balaban J connectivity index is 1.12. The predicted molar refractivity (Wildman–Crippen MR) is 155 cm³/mol. The molecule has 3 amide bonds. The Labute approximate surface area is 246 Å². The number of aliphatic imine (C=N–C) groups is 1. The number of alkyl halides is 2. The van der Waals surface area contributed by atoms with E-state index in [1.807, 2.05) is 12.2 Å². The van der Waals surface area contributed by atoms with Gasteiger partial charge in [0.1, 0.15) is 6.04 Å². The summed E-state index contributed by atoms with van der Waals surface area (Å²) in [6.07, 6.45) is 8.33. The third-order valence-corrected chi connectivity index (χ3v) is 9.87. The number of halogens is 2. The first-order valence-electron chi connectivity index (χ1n) is 13.8. The Morgan fingerprint density at radius 3 is 2.63 bits per heavy atom. The summed E-state index contributed by atoms with van der Waals surface area (Å²) >= 11 is 0. The van der Waals surface area contributed by atoms with Crippen LogP contribution in [0.1, 0.15) is 27.9 Å². The standard InChI is InChI=1S/C30H29F2N5O5S/c1-43(41,42)20-12-26(29(40)34-14-19-10-18-13-33-9-8-25(18)36-19)37(16-20)27(38)15-35-28(39)17-6-7-24-22(11-17)21-4-2-3-5-23(21)30(24,31)32/h2-11,13,18,20,25-26,36H,12,14-16H2,1H3,(H,34,40)(H,35,39)/t18?,20-,25?,26+/m1/s1. The van der Waals surface area contributed by atoms with Crippen molar-refractivity contribution in [1.82, 2.24) is 20.9 Å². The first-order chi connectivity index (χ1) is 20.4. The van der Waals surface area contributed by atoms with Gasteiger partial charge in [-0.2, -0.15) is 8.78 Å². The van der Waals surface area contributed by atoms with E-state index in [1.165, 1.54) is 35.2 Å². The molecular formula is C30H29F2N5O5S. The number of benzene rings is 2. The fraction of sp³-hybridized carbons (Fsp3) is 0.333. The number of nitrogens with one attached hydrogen (secondary N) is 3. The Bertz CT molecular complexity index is 1720. The van der Waals surface area contributed by atoms with Crippen molar-refractivity contribution in [3.63, 3.8) is 0 Å². The Kier molecular flexibility index (Phi) is 7.15. The lowest BCUT2D eigenvalue weighted by atomic mass is 10.0. The minimum Gasteiger partial charge on any atom is -0.380 e. The fourth-order valence-corrected chi connectivity index (χ4v) is 6.98. The Hall–Kier alpha value is -4.39. The van der Waals surface area contributed by atoms with Crippen LogP contribution in [0.3, 0.4) is 0 Å². The van der Waals surface area contributed by atoms with Crippen molar-refractivity contribution >= 4 is 33.8 Å². The number of hydrogen-bond donors (Lipinski definition) is 3. The average molecular weight is 610 g/mol. The van der Waals surface area contributed by atoms with Gasteiger partial charge in [-0.05, 0) is 35.8 Å². The highest BCUT2D eigenvalue weighted by molar-refractivity contribution is 7.91. The molecule has 2 aromatic rings. The fourth-order valence-electron chi connectivity index (χ4n) is 6.02. The molecule has 1 aliphatic carbocycles. The van der Waals surface area contributed by atoms with Gasteiger partial charge < -0.3 is 20.9 Å². The van der Waals surface area contributed by atoms with Crippen LogP contribution in [-0.2, 0) is 25.3 Å². The zero-order valence-electron chi connectivity index (χ0n) is 23.1. The smallest absolute Gasteiger partial charge is 0.299 e. The summed E-state index contributed by atoms with van der Waals surface area (Å²) in [5, 5.41) is 7.63. The van der Waals surface area contributed by atoms with Gasteiger partial charge >= 0.3 is 0 Å². The second kappa shape index (κ2) is 10.7. The average Bonchev–Trinajstić information content (AvgIpc) is 3.68. The summed E-state index contributed by atoms with van der Waals surface area (Å²) in [4.78, 5) is 44.7. The van der Waals surface area contributed by atoms with E-state index < -0.39 is 51.3 Å². The van der Waals surface area contributed by atoms with Crippen LogP contribution < -0.4 is 16.0 Å². The normalized spacial score (nSPS) is 24.4. The first-order valence-corrected chi connectivity index (χ1v) is 15.7. The number of rotatable bonds is 7. The molecule has 3 aliphatic heterocycles. The largest absolute Gasteiger partial charge is 0.380 e. The summed E-state index contributed by atoms with van der Waals surface area (Å²) in [5.74, 6) is -4.93. The van der Waals surface area contributed by atoms with E-state index in [1.54, 1.807) is 24.5 Å². The predicted octanol–water partition coefficient (Wildman–Crippen LogP) is 1.74. The van der Waals surface area contributed by atoms with E-state index in [9.17, 15) is 31.6 Å². The highest BCUT2D eigenvalue weighted by Gasteiger charge is 2.45. The molecule has 4 aliphatic rings. The molecule has 3 heterocycles. The maximum atomic E-state index is 14.9. The van der Waals surface area contributed by atoms with Gasteiger partial charge in [-0.15, -0.1) is 0 Å². The van der Waals surface area contributed by atoms with Gasteiger partial charge in [0.25, 0.3) is 11.8 Å². The van der Waals surface area contributed by atoms with E-state index >= 15 is 0 Å². The minimum atomic E-state index is -3.56. The summed E-state index contributed by atoms with van der Waals surface area (Å²) in [6.45, 7) is -0.541. The molecule has 13 heteroatoms. The molecule has 4 atom stereocenters. The number of carbonyl (C=O) groups excluding carboxylic acids is 3. The van der Waals surface area contributed by atoms with E-state index in [0.29, 0.717) is 5.56 Å². The van der Waals surface area contributed by atoms with Gasteiger partial charge in [-0.25, -0.2) is 8.42 Å². The summed E-state index contributed by atoms with van der Waals surface area (Å²) in [6, 6.07) is 8.92. The lowest BCUT2D eigenvalue weighted by molar-refractivity contribution is -0.137. The highest BCUT2D eigenvalue weighted by atomic mass is 32.2.